The van der Waals surface area contributed by atoms with Gasteiger partial charge in [0.05, 0.1) is 13.2 Å². The van der Waals surface area contributed by atoms with Gasteiger partial charge in [0, 0.05) is 43.9 Å². The number of carbonyl (C=O) groups is 1. The van der Waals surface area contributed by atoms with Gasteiger partial charge >= 0.3 is 0 Å². The highest BCUT2D eigenvalue weighted by Crippen LogP contribution is 2.35. The minimum Gasteiger partial charge on any atom is -0.380 e. The molecular weight excluding hydrogens is 306 g/mol. The van der Waals surface area contributed by atoms with E-state index in [4.69, 9.17) is 4.74 Å². The Bertz CT molecular complexity index is 572. The standard InChI is InChI=1S/C15H22F2N4O2/c1-3-23-8-11-5-15(16,17)9-21(11)12-6-20(7-12)14(22)13-4-10(2)18-19-13/h4,11-12H,3,5-9H2,1-2H3,(H,18,19)/t11-/m0/s1. The van der Waals surface area contributed by atoms with E-state index in [0.717, 1.165) is 5.69 Å². The fourth-order valence-electron chi connectivity index (χ4n) is 3.28. The molecule has 0 spiro atoms. The second-order valence-corrected chi connectivity index (χ2v) is 6.35. The number of ether oxygens (including phenoxy) is 1. The van der Waals surface area contributed by atoms with Crippen molar-refractivity contribution in [1.82, 2.24) is 20.0 Å². The second-order valence-electron chi connectivity index (χ2n) is 6.35. The fraction of sp³-hybridized carbons (Fsp3) is 0.733. The van der Waals surface area contributed by atoms with Crippen molar-refractivity contribution >= 4 is 5.91 Å². The Morgan fingerprint density at radius 3 is 2.87 bits per heavy atom. The summed E-state index contributed by atoms with van der Waals surface area (Å²) in [6.07, 6.45) is -0.171. The Labute approximate surface area is 133 Å². The van der Waals surface area contributed by atoms with Gasteiger partial charge < -0.3 is 9.64 Å². The van der Waals surface area contributed by atoms with Crippen LogP contribution in [0.15, 0.2) is 6.07 Å². The number of rotatable bonds is 5. The molecule has 1 amide bonds. The summed E-state index contributed by atoms with van der Waals surface area (Å²) >= 11 is 0. The molecule has 0 bridgehead atoms. The first-order chi connectivity index (χ1) is 10.9. The summed E-state index contributed by atoms with van der Waals surface area (Å²) in [6, 6.07) is 1.38. The first-order valence-electron chi connectivity index (χ1n) is 7.92. The summed E-state index contributed by atoms with van der Waals surface area (Å²) in [5, 5.41) is 6.69. The van der Waals surface area contributed by atoms with Gasteiger partial charge in [-0.05, 0) is 19.9 Å². The number of aromatic amines is 1. The molecule has 3 heterocycles. The Morgan fingerprint density at radius 1 is 1.52 bits per heavy atom. The molecule has 3 rings (SSSR count). The van der Waals surface area contributed by atoms with Crippen LogP contribution in [0.3, 0.4) is 0 Å². The van der Waals surface area contributed by atoms with E-state index >= 15 is 0 Å². The van der Waals surface area contributed by atoms with Gasteiger partial charge in [-0.15, -0.1) is 0 Å². The third-order valence-corrected chi connectivity index (χ3v) is 4.48. The molecular formula is C15H22F2N4O2. The van der Waals surface area contributed by atoms with Gasteiger partial charge in [0.25, 0.3) is 11.8 Å². The quantitative estimate of drug-likeness (QED) is 0.885. The number of hydrogen-bond acceptors (Lipinski definition) is 4. The van der Waals surface area contributed by atoms with Crippen molar-refractivity contribution in [3.8, 4) is 0 Å². The van der Waals surface area contributed by atoms with E-state index in [-0.39, 0.29) is 31.0 Å². The van der Waals surface area contributed by atoms with Crippen molar-refractivity contribution in [3.05, 3.63) is 17.5 Å². The SMILES string of the molecule is CCOC[C@@H]1CC(F)(F)CN1C1CN(C(=O)c2cc(C)[nH]n2)C1. The molecule has 2 aliphatic heterocycles. The number of amides is 1. The summed E-state index contributed by atoms with van der Waals surface area (Å²) in [7, 11) is 0. The maximum Gasteiger partial charge on any atom is 0.274 e. The number of likely N-dealkylation sites (tertiary alicyclic amines) is 2. The van der Waals surface area contributed by atoms with Crippen LogP contribution in [0.1, 0.15) is 29.5 Å². The number of hydrogen-bond donors (Lipinski definition) is 1. The summed E-state index contributed by atoms with van der Waals surface area (Å²) in [6.45, 7) is 5.19. The third-order valence-electron chi connectivity index (χ3n) is 4.48. The Hall–Kier alpha value is -1.54. The highest BCUT2D eigenvalue weighted by molar-refractivity contribution is 5.93. The summed E-state index contributed by atoms with van der Waals surface area (Å²) in [4.78, 5) is 15.7. The van der Waals surface area contributed by atoms with Gasteiger partial charge in [0.15, 0.2) is 0 Å². The second kappa shape index (κ2) is 6.16. The predicted molar refractivity (Wildman–Crippen MR) is 79.6 cm³/mol. The largest absolute Gasteiger partial charge is 0.380 e. The zero-order valence-electron chi connectivity index (χ0n) is 13.4. The molecule has 8 heteroatoms. The smallest absolute Gasteiger partial charge is 0.274 e. The van der Waals surface area contributed by atoms with E-state index in [9.17, 15) is 13.6 Å². The number of aryl methyl sites for hydroxylation is 1. The van der Waals surface area contributed by atoms with Gasteiger partial charge in [-0.1, -0.05) is 0 Å². The van der Waals surface area contributed by atoms with E-state index in [1.54, 1.807) is 15.9 Å². The van der Waals surface area contributed by atoms with Crippen LogP contribution in [0.2, 0.25) is 0 Å². The van der Waals surface area contributed by atoms with Gasteiger partial charge in [-0.2, -0.15) is 5.10 Å². The van der Waals surface area contributed by atoms with E-state index in [2.05, 4.69) is 10.2 Å². The fourth-order valence-corrected chi connectivity index (χ4v) is 3.28. The molecule has 0 aromatic carbocycles. The van der Waals surface area contributed by atoms with E-state index in [1.165, 1.54) is 0 Å². The number of nitrogens with one attached hydrogen (secondary N) is 1. The highest BCUT2D eigenvalue weighted by atomic mass is 19.3. The van der Waals surface area contributed by atoms with Crippen LogP contribution in [0.25, 0.3) is 0 Å². The number of H-pyrrole nitrogens is 1. The first kappa shape index (κ1) is 16.3. The highest BCUT2D eigenvalue weighted by Gasteiger charge is 2.50. The zero-order chi connectivity index (χ0) is 16.6. The molecule has 0 aliphatic carbocycles. The number of nitrogens with zero attached hydrogens (tertiary/aromatic N) is 3. The number of alkyl halides is 2. The number of halogens is 2. The minimum atomic E-state index is -2.68. The number of carbonyl (C=O) groups excluding carboxylic acids is 1. The third kappa shape index (κ3) is 3.37. The van der Waals surface area contributed by atoms with Crippen molar-refractivity contribution in [2.75, 3.05) is 32.8 Å². The monoisotopic (exact) mass is 328 g/mol. The van der Waals surface area contributed by atoms with Gasteiger partial charge in [-0.25, -0.2) is 8.78 Å². The summed E-state index contributed by atoms with van der Waals surface area (Å²) in [5.41, 5.74) is 1.19. The molecule has 0 radical (unpaired) electrons. The van der Waals surface area contributed by atoms with Crippen molar-refractivity contribution < 1.29 is 18.3 Å². The van der Waals surface area contributed by atoms with Crippen LogP contribution in [-0.2, 0) is 4.74 Å². The normalized spacial score (nSPS) is 24.9. The molecule has 0 saturated carbocycles. The van der Waals surface area contributed by atoms with Crippen molar-refractivity contribution in [1.29, 1.82) is 0 Å². The molecule has 128 valence electrons. The first-order valence-corrected chi connectivity index (χ1v) is 7.92. The lowest BCUT2D eigenvalue weighted by atomic mass is 10.1. The topological polar surface area (TPSA) is 61.5 Å². The molecule has 2 fully saturated rings. The molecule has 6 nitrogen and oxygen atoms in total. The summed E-state index contributed by atoms with van der Waals surface area (Å²) in [5.74, 6) is -2.83. The van der Waals surface area contributed by atoms with Crippen LogP contribution in [-0.4, -0.2) is 76.8 Å². The van der Waals surface area contributed by atoms with E-state index < -0.39 is 5.92 Å². The lowest BCUT2D eigenvalue weighted by Crippen LogP contribution is -2.62. The van der Waals surface area contributed by atoms with Crippen molar-refractivity contribution in [2.24, 2.45) is 0 Å². The molecule has 1 atom stereocenters. The van der Waals surface area contributed by atoms with Gasteiger partial charge in [0.2, 0.25) is 0 Å². The molecule has 23 heavy (non-hydrogen) atoms. The average molecular weight is 328 g/mol. The maximum atomic E-state index is 13.7. The number of aromatic nitrogens is 2. The maximum absolute atomic E-state index is 13.7. The van der Waals surface area contributed by atoms with Crippen LogP contribution in [0, 0.1) is 6.92 Å². The molecule has 1 N–H and O–H groups in total. The Morgan fingerprint density at radius 2 is 2.26 bits per heavy atom. The van der Waals surface area contributed by atoms with Crippen LogP contribution >= 0.6 is 0 Å². The van der Waals surface area contributed by atoms with E-state index in [1.807, 2.05) is 13.8 Å². The van der Waals surface area contributed by atoms with Crippen LogP contribution in [0.4, 0.5) is 8.78 Å². The minimum absolute atomic E-state index is 0.0298. The summed E-state index contributed by atoms with van der Waals surface area (Å²) < 4.78 is 32.8. The predicted octanol–water partition coefficient (Wildman–Crippen LogP) is 1.29. The van der Waals surface area contributed by atoms with Crippen molar-refractivity contribution in [3.63, 3.8) is 0 Å². The van der Waals surface area contributed by atoms with Crippen LogP contribution < -0.4 is 0 Å². The lowest BCUT2D eigenvalue weighted by molar-refractivity contribution is -0.0150. The molecule has 2 saturated heterocycles. The lowest BCUT2D eigenvalue weighted by Gasteiger charge is -2.45. The average Bonchev–Trinajstić information content (AvgIpc) is 2.98. The van der Waals surface area contributed by atoms with Gasteiger partial charge in [0.1, 0.15) is 5.69 Å². The Balaban J connectivity index is 1.58. The van der Waals surface area contributed by atoms with Gasteiger partial charge in [-0.3, -0.25) is 14.8 Å². The molecule has 1 aromatic heterocycles. The molecule has 1 aromatic rings. The Kier molecular flexibility index (Phi) is 4.37. The molecule has 2 aliphatic rings. The zero-order valence-corrected chi connectivity index (χ0v) is 13.4. The molecule has 0 unspecified atom stereocenters. The van der Waals surface area contributed by atoms with E-state index in [0.29, 0.717) is 32.0 Å². The van der Waals surface area contributed by atoms with Crippen LogP contribution in [0.5, 0.6) is 0 Å². The van der Waals surface area contributed by atoms with Crippen molar-refractivity contribution in [2.45, 2.75) is 38.3 Å².